The van der Waals surface area contributed by atoms with Crippen molar-refractivity contribution >= 4 is 11.9 Å². The van der Waals surface area contributed by atoms with Crippen molar-refractivity contribution in [3.8, 4) is 0 Å². The van der Waals surface area contributed by atoms with Crippen LogP contribution < -0.4 is 0 Å². The summed E-state index contributed by atoms with van der Waals surface area (Å²) in [4.78, 5) is 14.3. The smallest absolute Gasteiger partial charge is 0.342 e. The lowest BCUT2D eigenvalue weighted by molar-refractivity contribution is -0.391. The van der Waals surface area contributed by atoms with Crippen molar-refractivity contribution in [3.05, 3.63) is 27.7 Å². The zero-order chi connectivity index (χ0) is 14.5. The second kappa shape index (κ2) is 6.62. The Balaban J connectivity index is 1.94. The van der Waals surface area contributed by atoms with E-state index in [1.165, 1.54) is 10.8 Å². The molecule has 20 heavy (non-hydrogen) atoms. The maximum Gasteiger partial charge on any atom is 0.342 e. The van der Waals surface area contributed by atoms with Gasteiger partial charge in [0.25, 0.3) is 0 Å². The number of imidazole rings is 1. The molecule has 1 aliphatic rings. The fraction of sp³-hybridized carbons (Fsp3) is 0.615. The molecule has 1 aliphatic heterocycles. The van der Waals surface area contributed by atoms with Crippen molar-refractivity contribution in [2.24, 2.45) is 7.05 Å². The Bertz CT molecular complexity index is 504. The van der Waals surface area contributed by atoms with E-state index >= 15 is 0 Å². The highest BCUT2D eigenvalue weighted by Gasteiger charge is 2.16. The predicted octanol–water partition coefficient (Wildman–Crippen LogP) is 2.27. The second-order valence-electron chi connectivity index (χ2n) is 4.89. The van der Waals surface area contributed by atoms with Crippen LogP contribution in [0.4, 0.5) is 5.82 Å². The molecule has 2 rings (SSSR count). The Morgan fingerprint density at radius 3 is 3.10 bits per heavy atom. The molecule has 7 heteroatoms. The molecule has 0 aromatic carbocycles. The highest BCUT2D eigenvalue weighted by Crippen LogP contribution is 2.17. The van der Waals surface area contributed by atoms with Gasteiger partial charge in [0.05, 0.1) is 13.7 Å². The first-order chi connectivity index (χ1) is 9.58. The molecule has 0 bridgehead atoms. The van der Waals surface area contributed by atoms with Gasteiger partial charge < -0.3 is 19.6 Å². The summed E-state index contributed by atoms with van der Waals surface area (Å²) in [5.74, 6) is 0.517. The largest absolute Gasteiger partial charge is 0.358 e. The number of aromatic nitrogens is 2. The van der Waals surface area contributed by atoms with Crippen LogP contribution in [0.5, 0.6) is 0 Å². The molecule has 0 radical (unpaired) electrons. The van der Waals surface area contributed by atoms with Crippen LogP contribution in [0.3, 0.4) is 0 Å². The van der Waals surface area contributed by atoms with Gasteiger partial charge in [0.1, 0.15) is 6.20 Å². The van der Waals surface area contributed by atoms with Gasteiger partial charge in [-0.2, -0.15) is 0 Å². The van der Waals surface area contributed by atoms with E-state index in [4.69, 9.17) is 9.47 Å². The third-order valence-corrected chi connectivity index (χ3v) is 3.20. The highest BCUT2D eigenvalue weighted by molar-refractivity contribution is 5.47. The Hall–Kier alpha value is -1.73. The third kappa shape index (κ3) is 3.64. The summed E-state index contributed by atoms with van der Waals surface area (Å²) in [5, 5.41) is 10.7. The minimum Gasteiger partial charge on any atom is -0.358 e. The van der Waals surface area contributed by atoms with E-state index in [1.54, 1.807) is 13.1 Å². The molecule has 1 saturated heterocycles. The average molecular weight is 281 g/mol. The quantitative estimate of drug-likeness (QED) is 0.611. The number of nitro groups is 1. The SMILES string of the molecule is C/C(=C\c1ncc([N+](=O)[O-])n1C)COC1CCCCO1. The zero-order valence-electron chi connectivity index (χ0n) is 11.7. The summed E-state index contributed by atoms with van der Waals surface area (Å²) >= 11 is 0. The first kappa shape index (κ1) is 14.7. The van der Waals surface area contributed by atoms with Crippen LogP contribution in [0.25, 0.3) is 6.08 Å². The van der Waals surface area contributed by atoms with E-state index < -0.39 is 4.92 Å². The van der Waals surface area contributed by atoms with Crippen LogP contribution in [-0.4, -0.2) is 34.0 Å². The monoisotopic (exact) mass is 281 g/mol. The molecule has 0 N–H and O–H groups in total. The van der Waals surface area contributed by atoms with Gasteiger partial charge in [-0.1, -0.05) is 0 Å². The molecule has 2 heterocycles. The first-order valence-corrected chi connectivity index (χ1v) is 6.64. The van der Waals surface area contributed by atoms with Crippen LogP contribution in [0.15, 0.2) is 11.8 Å². The van der Waals surface area contributed by atoms with Gasteiger partial charge >= 0.3 is 5.82 Å². The van der Waals surface area contributed by atoms with E-state index in [-0.39, 0.29) is 12.1 Å². The van der Waals surface area contributed by atoms with Crippen LogP contribution >= 0.6 is 0 Å². The molecule has 7 nitrogen and oxygen atoms in total. The maximum absolute atomic E-state index is 10.7. The lowest BCUT2D eigenvalue weighted by Gasteiger charge is -2.22. The van der Waals surface area contributed by atoms with Crippen molar-refractivity contribution in [1.82, 2.24) is 9.55 Å². The number of rotatable bonds is 5. The zero-order valence-corrected chi connectivity index (χ0v) is 11.7. The van der Waals surface area contributed by atoms with Crippen molar-refractivity contribution in [2.75, 3.05) is 13.2 Å². The van der Waals surface area contributed by atoms with Crippen molar-refractivity contribution in [2.45, 2.75) is 32.5 Å². The topological polar surface area (TPSA) is 79.4 Å². The normalized spacial score (nSPS) is 20.1. The summed E-state index contributed by atoms with van der Waals surface area (Å²) < 4.78 is 12.6. The van der Waals surface area contributed by atoms with Gasteiger partial charge in [-0.05, 0) is 36.7 Å². The Labute approximate surface area is 117 Å². The fourth-order valence-electron chi connectivity index (χ4n) is 2.05. The van der Waals surface area contributed by atoms with Gasteiger partial charge in [-0.25, -0.2) is 9.55 Å². The molecule has 0 amide bonds. The lowest BCUT2D eigenvalue weighted by Crippen LogP contribution is -2.22. The van der Waals surface area contributed by atoms with Crippen LogP contribution in [0, 0.1) is 10.1 Å². The van der Waals surface area contributed by atoms with E-state index in [1.807, 2.05) is 6.92 Å². The number of ether oxygens (including phenoxy) is 2. The molecule has 1 aromatic heterocycles. The summed E-state index contributed by atoms with van der Waals surface area (Å²) in [6.07, 6.45) is 6.04. The van der Waals surface area contributed by atoms with Crippen molar-refractivity contribution < 1.29 is 14.4 Å². The van der Waals surface area contributed by atoms with Crippen molar-refractivity contribution in [1.29, 1.82) is 0 Å². The van der Waals surface area contributed by atoms with Crippen LogP contribution in [0.1, 0.15) is 32.0 Å². The van der Waals surface area contributed by atoms with Crippen LogP contribution in [0.2, 0.25) is 0 Å². The number of hydrogen-bond acceptors (Lipinski definition) is 5. The predicted molar refractivity (Wildman–Crippen MR) is 73.1 cm³/mol. The Morgan fingerprint density at radius 1 is 1.70 bits per heavy atom. The number of hydrogen-bond donors (Lipinski definition) is 0. The molecule has 1 unspecified atom stereocenters. The molecule has 1 fully saturated rings. The fourth-order valence-corrected chi connectivity index (χ4v) is 2.05. The molecule has 0 aliphatic carbocycles. The van der Waals surface area contributed by atoms with E-state index in [0.29, 0.717) is 12.4 Å². The van der Waals surface area contributed by atoms with Gasteiger partial charge in [-0.3, -0.25) is 0 Å². The van der Waals surface area contributed by atoms with Crippen LogP contribution in [-0.2, 0) is 16.5 Å². The minimum absolute atomic E-state index is 0.0272. The summed E-state index contributed by atoms with van der Waals surface area (Å²) in [6, 6.07) is 0. The minimum atomic E-state index is -0.452. The first-order valence-electron chi connectivity index (χ1n) is 6.64. The molecule has 110 valence electrons. The van der Waals surface area contributed by atoms with E-state index in [2.05, 4.69) is 4.98 Å². The molecular weight excluding hydrogens is 262 g/mol. The molecule has 1 aromatic rings. The molecule has 1 atom stereocenters. The van der Waals surface area contributed by atoms with E-state index in [9.17, 15) is 10.1 Å². The Morgan fingerprint density at radius 2 is 2.50 bits per heavy atom. The Kier molecular flexibility index (Phi) is 4.86. The second-order valence-corrected chi connectivity index (χ2v) is 4.89. The summed E-state index contributed by atoms with van der Waals surface area (Å²) in [6.45, 7) is 3.09. The van der Waals surface area contributed by atoms with Gasteiger partial charge in [0, 0.05) is 12.7 Å². The molecular formula is C13H19N3O4. The highest BCUT2D eigenvalue weighted by atomic mass is 16.7. The molecule has 0 spiro atoms. The standard InChI is InChI=1S/C13H19N3O4/c1-10(9-20-13-5-3-4-6-19-13)7-11-14-8-12(15(11)2)16(17)18/h7-8,13H,3-6,9H2,1-2H3/b10-7+. The number of nitrogens with zero attached hydrogens (tertiary/aromatic N) is 3. The van der Waals surface area contributed by atoms with Gasteiger partial charge in [-0.15, -0.1) is 0 Å². The summed E-state index contributed by atoms with van der Waals surface area (Å²) in [7, 11) is 1.62. The van der Waals surface area contributed by atoms with Gasteiger partial charge in [0.15, 0.2) is 6.29 Å². The maximum atomic E-state index is 10.7. The summed E-state index contributed by atoms with van der Waals surface area (Å²) in [5.41, 5.74) is 0.947. The van der Waals surface area contributed by atoms with E-state index in [0.717, 1.165) is 31.4 Å². The van der Waals surface area contributed by atoms with Gasteiger partial charge in [0.2, 0.25) is 5.82 Å². The lowest BCUT2D eigenvalue weighted by atomic mass is 10.2. The van der Waals surface area contributed by atoms with Crippen molar-refractivity contribution in [3.63, 3.8) is 0 Å². The average Bonchev–Trinajstić information content (AvgIpc) is 2.79. The third-order valence-electron chi connectivity index (χ3n) is 3.20. The molecule has 0 saturated carbocycles.